The average molecular weight is 304 g/mol. The molecule has 1 unspecified atom stereocenters. The van der Waals surface area contributed by atoms with Gasteiger partial charge in [0.15, 0.2) is 6.10 Å². The second-order valence-electron chi connectivity index (χ2n) is 4.99. The van der Waals surface area contributed by atoms with E-state index in [1.165, 1.54) is 0 Å². The predicted octanol–water partition coefficient (Wildman–Crippen LogP) is 3.45. The van der Waals surface area contributed by atoms with Crippen molar-refractivity contribution in [2.75, 3.05) is 19.7 Å². The van der Waals surface area contributed by atoms with Crippen molar-refractivity contribution >= 4 is 11.6 Å². The molecule has 2 aromatic rings. The molecular formula is C17H18ClNO2. The van der Waals surface area contributed by atoms with Gasteiger partial charge in [0, 0.05) is 13.1 Å². The first-order chi connectivity index (χ1) is 10.3. The van der Waals surface area contributed by atoms with Crippen LogP contribution in [0.4, 0.5) is 0 Å². The summed E-state index contributed by atoms with van der Waals surface area (Å²) >= 11 is 6.21. The summed E-state index contributed by atoms with van der Waals surface area (Å²) in [6.45, 7) is 2.34. The first-order valence-electron chi connectivity index (χ1n) is 7.13. The fourth-order valence-corrected chi connectivity index (χ4v) is 2.64. The van der Waals surface area contributed by atoms with Crippen molar-refractivity contribution < 1.29 is 9.47 Å². The summed E-state index contributed by atoms with van der Waals surface area (Å²) in [5.41, 5.74) is 1.09. The largest absolute Gasteiger partial charge is 0.481 e. The number of halogens is 1. The van der Waals surface area contributed by atoms with Gasteiger partial charge in [0.05, 0.1) is 11.6 Å². The summed E-state index contributed by atoms with van der Waals surface area (Å²) in [6.07, 6.45) is -0.212. The van der Waals surface area contributed by atoms with Crippen molar-refractivity contribution in [2.45, 2.75) is 12.2 Å². The number of rotatable bonds is 4. The van der Waals surface area contributed by atoms with Gasteiger partial charge in [-0.3, -0.25) is 0 Å². The molecule has 1 aliphatic heterocycles. The van der Waals surface area contributed by atoms with Gasteiger partial charge in [-0.1, -0.05) is 54.1 Å². The van der Waals surface area contributed by atoms with E-state index in [9.17, 15) is 0 Å². The van der Waals surface area contributed by atoms with Crippen molar-refractivity contribution in [3.05, 3.63) is 65.2 Å². The second kappa shape index (κ2) is 6.94. The Morgan fingerprint density at radius 1 is 1.10 bits per heavy atom. The van der Waals surface area contributed by atoms with Gasteiger partial charge in [0.1, 0.15) is 11.9 Å². The van der Waals surface area contributed by atoms with E-state index in [0.717, 1.165) is 18.7 Å². The van der Waals surface area contributed by atoms with Crippen molar-refractivity contribution in [3.8, 4) is 5.75 Å². The highest BCUT2D eigenvalue weighted by atomic mass is 35.5. The van der Waals surface area contributed by atoms with Crippen LogP contribution >= 0.6 is 11.6 Å². The van der Waals surface area contributed by atoms with E-state index in [1.54, 1.807) is 0 Å². The number of morpholine rings is 1. The first-order valence-corrected chi connectivity index (χ1v) is 7.51. The van der Waals surface area contributed by atoms with Crippen LogP contribution in [0.3, 0.4) is 0 Å². The third kappa shape index (κ3) is 3.56. The number of hydrogen-bond donors (Lipinski definition) is 1. The Hall–Kier alpha value is -1.55. The Morgan fingerprint density at radius 2 is 1.86 bits per heavy atom. The Balaban J connectivity index is 1.87. The zero-order valence-corrected chi connectivity index (χ0v) is 12.4. The normalized spacial score (nSPS) is 20.0. The van der Waals surface area contributed by atoms with Crippen LogP contribution in [-0.4, -0.2) is 25.8 Å². The highest BCUT2D eigenvalue weighted by Gasteiger charge is 2.28. The quantitative estimate of drug-likeness (QED) is 0.938. The lowest BCUT2D eigenvalue weighted by Crippen LogP contribution is -2.43. The van der Waals surface area contributed by atoms with Crippen LogP contribution in [0, 0.1) is 0 Å². The fourth-order valence-electron chi connectivity index (χ4n) is 2.46. The third-order valence-electron chi connectivity index (χ3n) is 3.51. The zero-order chi connectivity index (χ0) is 14.5. The van der Waals surface area contributed by atoms with Crippen LogP contribution in [0.5, 0.6) is 5.75 Å². The van der Waals surface area contributed by atoms with E-state index >= 15 is 0 Å². The average Bonchev–Trinajstić information content (AvgIpc) is 2.56. The molecule has 0 aliphatic carbocycles. The van der Waals surface area contributed by atoms with Gasteiger partial charge in [-0.05, 0) is 17.7 Å². The molecular weight excluding hydrogens is 286 g/mol. The Kier molecular flexibility index (Phi) is 4.76. The molecule has 110 valence electrons. The van der Waals surface area contributed by atoms with Gasteiger partial charge >= 0.3 is 0 Å². The monoisotopic (exact) mass is 303 g/mol. The van der Waals surface area contributed by atoms with Crippen LogP contribution in [0.1, 0.15) is 11.7 Å². The smallest absolute Gasteiger partial charge is 0.151 e. The topological polar surface area (TPSA) is 30.5 Å². The Labute approximate surface area is 129 Å². The Bertz CT molecular complexity index is 570. The van der Waals surface area contributed by atoms with E-state index < -0.39 is 0 Å². The van der Waals surface area contributed by atoms with Crippen LogP contribution in [0.15, 0.2) is 54.6 Å². The molecule has 0 bridgehead atoms. The summed E-state index contributed by atoms with van der Waals surface area (Å²) in [5, 5.41) is 3.96. The molecule has 4 heteroatoms. The molecule has 1 fully saturated rings. The molecule has 1 aliphatic rings. The maximum atomic E-state index is 6.21. The van der Waals surface area contributed by atoms with Crippen LogP contribution in [0.25, 0.3) is 0 Å². The summed E-state index contributed by atoms with van der Waals surface area (Å²) in [5.74, 6) is 0.683. The number of hydrogen-bond acceptors (Lipinski definition) is 3. The fraction of sp³-hybridized carbons (Fsp3) is 0.294. The summed E-state index contributed by atoms with van der Waals surface area (Å²) < 4.78 is 12.0. The van der Waals surface area contributed by atoms with Gasteiger partial charge in [-0.25, -0.2) is 0 Å². The standard InChI is InChI=1S/C17H18ClNO2/c18-14-8-4-5-9-15(14)21-17(13-6-2-1-3-7-13)16-12-19-10-11-20-16/h1-9,16-17,19H,10-12H2/t16?,17-/m1/s1. The number of ether oxygens (including phenoxy) is 2. The SMILES string of the molecule is Clc1ccccc1O[C@H](c1ccccc1)C1CNCCO1. The zero-order valence-electron chi connectivity index (χ0n) is 11.7. The van der Waals surface area contributed by atoms with Gasteiger partial charge in [-0.2, -0.15) is 0 Å². The van der Waals surface area contributed by atoms with Crippen LogP contribution in [0.2, 0.25) is 5.02 Å². The molecule has 0 amide bonds. The maximum Gasteiger partial charge on any atom is 0.151 e. The predicted molar refractivity (Wildman–Crippen MR) is 83.9 cm³/mol. The molecule has 2 aromatic carbocycles. The van der Waals surface area contributed by atoms with Gasteiger partial charge in [0.25, 0.3) is 0 Å². The molecule has 3 nitrogen and oxygen atoms in total. The molecule has 0 aromatic heterocycles. The first kappa shape index (κ1) is 14.4. The molecule has 2 atom stereocenters. The summed E-state index contributed by atoms with van der Waals surface area (Å²) in [4.78, 5) is 0. The molecule has 1 N–H and O–H groups in total. The number of para-hydroxylation sites is 1. The lowest BCUT2D eigenvalue weighted by molar-refractivity contribution is -0.0432. The highest BCUT2D eigenvalue weighted by molar-refractivity contribution is 6.32. The summed E-state index contributed by atoms with van der Waals surface area (Å²) in [6, 6.07) is 17.7. The molecule has 0 radical (unpaired) electrons. The van der Waals surface area contributed by atoms with Crippen molar-refractivity contribution in [3.63, 3.8) is 0 Å². The minimum absolute atomic E-state index is 0.0302. The van der Waals surface area contributed by atoms with E-state index in [0.29, 0.717) is 17.4 Å². The third-order valence-corrected chi connectivity index (χ3v) is 3.82. The van der Waals surface area contributed by atoms with E-state index in [1.807, 2.05) is 42.5 Å². The lowest BCUT2D eigenvalue weighted by Gasteiger charge is -2.31. The second-order valence-corrected chi connectivity index (χ2v) is 5.40. The Morgan fingerprint density at radius 3 is 2.57 bits per heavy atom. The van der Waals surface area contributed by atoms with E-state index in [2.05, 4.69) is 17.4 Å². The van der Waals surface area contributed by atoms with Gasteiger partial charge < -0.3 is 14.8 Å². The minimum atomic E-state index is -0.182. The van der Waals surface area contributed by atoms with E-state index in [4.69, 9.17) is 21.1 Å². The molecule has 0 spiro atoms. The van der Waals surface area contributed by atoms with E-state index in [-0.39, 0.29) is 12.2 Å². The molecule has 1 saturated heterocycles. The van der Waals surface area contributed by atoms with Crippen molar-refractivity contribution in [2.24, 2.45) is 0 Å². The minimum Gasteiger partial charge on any atom is -0.481 e. The summed E-state index contributed by atoms with van der Waals surface area (Å²) in [7, 11) is 0. The van der Waals surface area contributed by atoms with Gasteiger partial charge in [-0.15, -0.1) is 0 Å². The van der Waals surface area contributed by atoms with Crippen molar-refractivity contribution in [1.29, 1.82) is 0 Å². The van der Waals surface area contributed by atoms with Crippen LogP contribution < -0.4 is 10.1 Å². The number of benzene rings is 2. The molecule has 0 saturated carbocycles. The molecule has 3 rings (SSSR count). The van der Waals surface area contributed by atoms with Crippen LogP contribution in [-0.2, 0) is 4.74 Å². The maximum absolute atomic E-state index is 6.21. The lowest BCUT2D eigenvalue weighted by atomic mass is 10.0. The van der Waals surface area contributed by atoms with Gasteiger partial charge in [0.2, 0.25) is 0 Å². The highest BCUT2D eigenvalue weighted by Crippen LogP contribution is 2.31. The van der Waals surface area contributed by atoms with Crippen molar-refractivity contribution in [1.82, 2.24) is 5.32 Å². The molecule has 21 heavy (non-hydrogen) atoms. The number of nitrogens with one attached hydrogen (secondary N) is 1. The molecule has 1 heterocycles.